The summed E-state index contributed by atoms with van der Waals surface area (Å²) in [6, 6.07) is 7.92. The number of hydrogen-bond acceptors (Lipinski definition) is 4. The summed E-state index contributed by atoms with van der Waals surface area (Å²) in [7, 11) is 0. The Bertz CT molecular complexity index is 615. The van der Waals surface area contributed by atoms with Crippen LogP contribution in [0.25, 0.3) is 10.6 Å². The largest absolute Gasteiger partial charge is 0.326 e. The average Bonchev–Trinajstić information content (AvgIpc) is 2.95. The Kier molecular flexibility index (Phi) is 4.31. The van der Waals surface area contributed by atoms with E-state index >= 15 is 0 Å². The zero-order chi connectivity index (χ0) is 14.7. The molecule has 5 heteroatoms. The van der Waals surface area contributed by atoms with Crippen LogP contribution in [0.1, 0.15) is 18.5 Å². The molecule has 110 valence electrons. The summed E-state index contributed by atoms with van der Waals surface area (Å²) in [5.41, 5.74) is 2.99. The standard InChI is InChI=1S/C16H19N3OS/c1-11-10-21-16(18-11)13-2-4-14(5-3-13)19-15(20)12-6-8-17-9-7-12/h2-5,10,12,17H,6-9H2,1H3,(H,19,20). The van der Waals surface area contributed by atoms with E-state index < -0.39 is 0 Å². The first-order chi connectivity index (χ1) is 10.2. The van der Waals surface area contributed by atoms with Crippen molar-refractivity contribution in [3.63, 3.8) is 0 Å². The molecule has 3 rings (SSSR count). The molecule has 1 aliphatic heterocycles. The molecule has 0 bridgehead atoms. The lowest BCUT2D eigenvalue weighted by molar-refractivity contribution is -0.120. The van der Waals surface area contributed by atoms with E-state index in [1.54, 1.807) is 11.3 Å². The van der Waals surface area contributed by atoms with Crippen molar-refractivity contribution in [2.75, 3.05) is 18.4 Å². The van der Waals surface area contributed by atoms with E-state index in [4.69, 9.17) is 0 Å². The molecule has 0 saturated carbocycles. The first kappa shape index (κ1) is 14.2. The molecule has 1 aromatic carbocycles. The van der Waals surface area contributed by atoms with Gasteiger partial charge in [0.25, 0.3) is 0 Å². The fourth-order valence-corrected chi connectivity index (χ4v) is 3.31. The third-order valence-electron chi connectivity index (χ3n) is 3.73. The molecule has 0 atom stereocenters. The molecular weight excluding hydrogens is 282 g/mol. The van der Waals surface area contributed by atoms with Gasteiger partial charge in [-0.3, -0.25) is 4.79 Å². The summed E-state index contributed by atoms with van der Waals surface area (Å²) >= 11 is 1.64. The van der Waals surface area contributed by atoms with Gasteiger partial charge in [0.1, 0.15) is 5.01 Å². The molecule has 2 aromatic rings. The molecule has 0 spiro atoms. The van der Waals surface area contributed by atoms with Crippen LogP contribution in [-0.4, -0.2) is 24.0 Å². The molecule has 1 fully saturated rings. The summed E-state index contributed by atoms with van der Waals surface area (Å²) in [4.78, 5) is 16.6. The van der Waals surface area contributed by atoms with Crippen molar-refractivity contribution in [1.29, 1.82) is 0 Å². The topological polar surface area (TPSA) is 54.0 Å². The average molecular weight is 301 g/mol. The number of aryl methyl sites for hydroxylation is 1. The molecule has 1 amide bonds. The maximum Gasteiger partial charge on any atom is 0.227 e. The second kappa shape index (κ2) is 6.37. The van der Waals surface area contributed by atoms with Gasteiger partial charge in [-0.2, -0.15) is 0 Å². The van der Waals surface area contributed by atoms with Gasteiger partial charge in [0.2, 0.25) is 5.91 Å². The molecule has 21 heavy (non-hydrogen) atoms. The smallest absolute Gasteiger partial charge is 0.227 e. The molecule has 0 aliphatic carbocycles. The maximum atomic E-state index is 12.2. The number of nitrogens with zero attached hydrogens (tertiary/aromatic N) is 1. The minimum atomic E-state index is 0.132. The minimum absolute atomic E-state index is 0.132. The number of aromatic nitrogens is 1. The van der Waals surface area contributed by atoms with Crippen LogP contribution in [-0.2, 0) is 4.79 Å². The van der Waals surface area contributed by atoms with E-state index in [0.717, 1.165) is 47.9 Å². The Hall–Kier alpha value is -1.72. The number of benzene rings is 1. The van der Waals surface area contributed by atoms with Gasteiger partial charge in [-0.15, -0.1) is 11.3 Å². The number of piperidine rings is 1. The van der Waals surface area contributed by atoms with E-state index in [-0.39, 0.29) is 11.8 Å². The van der Waals surface area contributed by atoms with Crippen LogP contribution < -0.4 is 10.6 Å². The zero-order valence-corrected chi connectivity index (χ0v) is 12.9. The number of nitrogens with one attached hydrogen (secondary N) is 2. The normalized spacial score (nSPS) is 15.9. The predicted molar refractivity (Wildman–Crippen MR) is 86.5 cm³/mol. The Morgan fingerprint density at radius 2 is 2.00 bits per heavy atom. The number of rotatable bonds is 3. The summed E-state index contributed by atoms with van der Waals surface area (Å²) < 4.78 is 0. The summed E-state index contributed by atoms with van der Waals surface area (Å²) in [6.07, 6.45) is 1.84. The molecular formula is C16H19N3OS. The van der Waals surface area contributed by atoms with Crippen molar-refractivity contribution < 1.29 is 4.79 Å². The van der Waals surface area contributed by atoms with Gasteiger partial charge >= 0.3 is 0 Å². The SMILES string of the molecule is Cc1csc(-c2ccc(NC(=O)C3CCNCC3)cc2)n1. The first-order valence-corrected chi connectivity index (χ1v) is 8.14. The van der Waals surface area contributed by atoms with Gasteiger partial charge in [-0.25, -0.2) is 4.98 Å². The summed E-state index contributed by atoms with van der Waals surface area (Å²) in [5, 5.41) is 9.35. The highest BCUT2D eigenvalue weighted by Gasteiger charge is 2.20. The molecule has 0 unspecified atom stereocenters. The maximum absolute atomic E-state index is 12.2. The third kappa shape index (κ3) is 3.49. The van der Waals surface area contributed by atoms with Crippen molar-refractivity contribution in [2.45, 2.75) is 19.8 Å². The molecule has 0 radical (unpaired) electrons. The van der Waals surface area contributed by atoms with E-state index in [1.807, 2.05) is 36.6 Å². The highest BCUT2D eigenvalue weighted by Crippen LogP contribution is 2.25. The van der Waals surface area contributed by atoms with Crippen molar-refractivity contribution in [2.24, 2.45) is 5.92 Å². The monoisotopic (exact) mass is 301 g/mol. The van der Waals surface area contributed by atoms with Crippen LogP contribution >= 0.6 is 11.3 Å². The number of thiazole rings is 1. The second-order valence-electron chi connectivity index (χ2n) is 5.38. The summed E-state index contributed by atoms with van der Waals surface area (Å²) in [5.74, 6) is 0.266. The zero-order valence-electron chi connectivity index (χ0n) is 12.1. The van der Waals surface area contributed by atoms with Gasteiger partial charge in [0.15, 0.2) is 0 Å². The van der Waals surface area contributed by atoms with Crippen molar-refractivity contribution in [3.05, 3.63) is 35.3 Å². The van der Waals surface area contributed by atoms with Crippen LogP contribution in [0.4, 0.5) is 5.69 Å². The Morgan fingerprint density at radius 3 is 2.62 bits per heavy atom. The first-order valence-electron chi connectivity index (χ1n) is 7.26. The number of anilines is 1. The Balaban J connectivity index is 1.65. The molecule has 2 heterocycles. The number of amides is 1. The van der Waals surface area contributed by atoms with Gasteiger partial charge in [-0.05, 0) is 57.1 Å². The van der Waals surface area contributed by atoms with Gasteiger partial charge in [0, 0.05) is 28.2 Å². The van der Waals surface area contributed by atoms with Gasteiger partial charge in [0.05, 0.1) is 0 Å². The van der Waals surface area contributed by atoms with E-state index in [1.165, 1.54) is 0 Å². The Labute approximate surface area is 128 Å². The lowest BCUT2D eigenvalue weighted by atomic mass is 9.97. The summed E-state index contributed by atoms with van der Waals surface area (Å²) in [6.45, 7) is 3.86. The highest BCUT2D eigenvalue weighted by molar-refractivity contribution is 7.13. The molecule has 1 aromatic heterocycles. The number of carbonyl (C=O) groups is 1. The van der Waals surface area contributed by atoms with Crippen LogP contribution in [0.5, 0.6) is 0 Å². The molecule has 1 aliphatic rings. The van der Waals surface area contributed by atoms with Crippen LogP contribution in [0.3, 0.4) is 0 Å². The third-order valence-corrected chi connectivity index (χ3v) is 4.74. The van der Waals surface area contributed by atoms with Gasteiger partial charge < -0.3 is 10.6 Å². The van der Waals surface area contributed by atoms with Crippen molar-refractivity contribution in [3.8, 4) is 10.6 Å². The van der Waals surface area contributed by atoms with Gasteiger partial charge in [-0.1, -0.05) is 0 Å². The Morgan fingerprint density at radius 1 is 1.29 bits per heavy atom. The fraction of sp³-hybridized carbons (Fsp3) is 0.375. The van der Waals surface area contributed by atoms with E-state index in [0.29, 0.717) is 0 Å². The predicted octanol–water partition coefficient (Wildman–Crippen LogP) is 3.06. The fourth-order valence-electron chi connectivity index (χ4n) is 2.51. The second-order valence-corrected chi connectivity index (χ2v) is 6.24. The number of carbonyl (C=O) groups excluding carboxylic acids is 1. The minimum Gasteiger partial charge on any atom is -0.326 e. The molecule has 1 saturated heterocycles. The number of hydrogen-bond donors (Lipinski definition) is 2. The van der Waals surface area contributed by atoms with Crippen molar-refractivity contribution >= 4 is 22.9 Å². The molecule has 2 N–H and O–H groups in total. The highest BCUT2D eigenvalue weighted by atomic mass is 32.1. The quantitative estimate of drug-likeness (QED) is 0.916. The van der Waals surface area contributed by atoms with Crippen LogP contribution in [0.15, 0.2) is 29.6 Å². The lowest BCUT2D eigenvalue weighted by Gasteiger charge is -2.21. The van der Waals surface area contributed by atoms with Crippen LogP contribution in [0, 0.1) is 12.8 Å². The van der Waals surface area contributed by atoms with Crippen molar-refractivity contribution in [1.82, 2.24) is 10.3 Å². The van der Waals surface area contributed by atoms with E-state index in [9.17, 15) is 4.79 Å². The molecule has 4 nitrogen and oxygen atoms in total. The lowest BCUT2D eigenvalue weighted by Crippen LogP contribution is -2.34. The van der Waals surface area contributed by atoms with E-state index in [2.05, 4.69) is 15.6 Å². The van der Waals surface area contributed by atoms with Crippen LogP contribution in [0.2, 0.25) is 0 Å².